The molecule has 1 saturated heterocycles. The lowest BCUT2D eigenvalue weighted by atomic mass is 10.1. The SMILES string of the molecule is Cc1ccc(CNC(=O)[C@@H](C)OC(=O)CSC(=S)N2CCCC2)cc1. The second-order valence-corrected chi connectivity index (χ2v) is 7.69. The van der Waals surface area contributed by atoms with Gasteiger partial charge in [-0.05, 0) is 32.3 Å². The maximum Gasteiger partial charge on any atom is 0.317 e. The van der Waals surface area contributed by atoms with Crippen molar-refractivity contribution < 1.29 is 14.3 Å². The van der Waals surface area contributed by atoms with Crippen molar-refractivity contribution in [1.29, 1.82) is 0 Å². The van der Waals surface area contributed by atoms with E-state index in [1.165, 1.54) is 17.3 Å². The lowest BCUT2D eigenvalue weighted by Crippen LogP contribution is -2.36. The van der Waals surface area contributed by atoms with E-state index in [0.717, 1.165) is 35.8 Å². The Hall–Kier alpha value is -1.60. The molecule has 0 radical (unpaired) electrons. The molecular formula is C18H24N2O3S2. The molecule has 1 fully saturated rings. The Kier molecular flexibility index (Phi) is 7.71. The molecule has 2 rings (SSSR count). The summed E-state index contributed by atoms with van der Waals surface area (Å²) in [5, 5.41) is 2.78. The Morgan fingerprint density at radius 1 is 1.28 bits per heavy atom. The molecule has 1 aromatic rings. The lowest BCUT2D eigenvalue weighted by molar-refractivity contribution is -0.152. The van der Waals surface area contributed by atoms with Gasteiger partial charge in [-0.1, -0.05) is 53.8 Å². The number of thiocarbonyl (C=S) groups is 1. The topological polar surface area (TPSA) is 58.6 Å². The molecule has 1 heterocycles. The summed E-state index contributed by atoms with van der Waals surface area (Å²) in [5.41, 5.74) is 2.17. The number of hydrogen-bond donors (Lipinski definition) is 1. The second kappa shape index (κ2) is 9.77. The normalized spacial score (nSPS) is 14.9. The highest BCUT2D eigenvalue weighted by Crippen LogP contribution is 2.16. The molecule has 25 heavy (non-hydrogen) atoms. The summed E-state index contributed by atoms with van der Waals surface area (Å²) in [7, 11) is 0. The average molecular weight is 381 g/mol. The van der Waals surface area contributed by atoms with Crippen LogP contribution in [0.1, 0.15) is 30.9 Å². The molecule has 0 saturated carbocycles. The molecule has 1 atom stereocenters. The van der Waals surface area contributed by atoms with E-state index >= 15 is 0 Å². The van der Waals surface area contributed by atoms with Gasteiger partial charge in [0.15, 0.2) is 6.10 Å². The smallest absolute Gasteiger partial charge is 0.317 e. The van der Waals surface area contributed by atoms with Crippen LogP contribution in [0.3, 0.4) is 0 Å². The number of nitrogens with zero attached hydrogens (tertiary/aromatic N) is 1. The van der Waals surface area contributed by atoms with E-state index in [0.29, 0.717) is 6.54 Å². The van der Waals surface area contributed by atoms with Crippen LogP contribution in [0.5, 0.6) is 0 Å². The molecule has 5 nitrogen and oxygen atoms in total. The highest BCUT2D eigenvalue weighted by atomic mass is 32.2. The van der Waals surface area contributed by atoms with E-state index in [1.807, 2.05) is 31.2 Å². The highest BCUT2D eigenvalue weighted by Gasteiger charge is 2.20. The van der Waals surface area contributed by atoms with Crippen LogP contribution >= 0.6 is 24.0 Å². The van der Waals surface area contributed by atoms with Gasteiger partial charge in [0.05, 0.1) is 5.75 Å². The van der Waals surface area contributed by atoms with Gasteiger partial charge in [-0.15, -0.1) is 0 Å². The Balaban J connectivity index is 1.67. The molecule has 0 spiro atoms. The fraction of sp³-hybridized carbons (Fsp3) is 0.500. The standard InChI is InChI=1S/C18H24N2O3S2/c1-13-5-7-15(8-6-13)11-19-17(22)14(2)23-16(21)12-25-18(24)20-9-3-4-10-20/h5-8,14H,3-4,9-12H2,1-2H3,(H,19,22)/t14-/m1/s1. The van der Waals surface area contributed by atoms with E-state index in [4.69, 9.17) is 17.0 Å². The van der Waals surface area contributed by atoms with Crippen molar-refractivity contribution in [3.05, 3.63) is 35.4 Å². The molecule has 0 aliphatic carbocycles. The van der Waals surface area contributed by atoms with Crippen LogP contribution in [0.25, 0.3) is 0 Å². The minimum Gasteiger partial charge on any atom is -0.452 e. The van der Waals surface area contributed by atoms with Gasteiger partial charge in [0.25, 0.3) is 5.91 Å². The Morgan fingerprint density at radius 2 is 1.92 bits per heavy atom. The van der Waals surface area contributed by atoms with Crippen LogP contribution in [-0.2, 0) is 20.9 Å². The molecule has 136 valence electrons. The van der Waals surface area contributed by atoms with Crippen LogP contribution in [0, 0.1) is 6.92 Å². The largest absolute Gasteiger partial charge is 0.452 e. The summed E-state index contributed by atoms with van der Waals surface area (Å²) in [4.78, 5) is 26.0. The molecule has 1 N–H and O–H groups in total. The predicted octanol–water partition coefficient (Wildman–Crippen LogP) is 2.66. The van der Waals surface area contributed by atoms with Gasteiger partial charge in [-0.25, -0.2) is 0 Å². The van der Waals surface area contributed by atoms with Crippen molar-refractivity contribution in [2.75, 3.05) is 18.8 Å². The molecule has 1 aromatic carbocycles. The minimum atomic E-state index is -0.820. The van der Waals surface area contributed by atoms with Crippen LogP contribution in [-0.4, -0.2) is 46.0 Å². The first kappa shape index (κ1) is 19.7. The number of carbonyl (C=O) groups excluding carboxylic acids is 2. The first-order valence-corrected chi connectivity index (χ1v) is 9.79. The number of nitrogens with one attached hydrogen (secondary N) is 1. The van der Waals surface area contributed by atoms with Gasteiger partial charge in [-0.2, -0.15) is 0 Å². The monoisotopic (exact) mass is 380 g/mol. The second-order valence-electron chi connectivity index (χ2n) is 6.08. The van der Waals surface area contributed by atoms with Crippen molar-refractivity contribution in [2.45, 2.75) is 39.3 Å². The number of esters is 1. The van der Waals surface area contributed by atoms with Crippen molar-refractivity contribution in [2.24, 2.45) is 0 Å². The zero-order valence-electron chi connectivity index (χ0n) is 14.6. The summed E-state index contributed by atoms with van der Waals surface area (Å²) >= 11 is 6.60. The number of likely N-dealkylation sites (tertiary alicyclic amines) is 1. The van der Waals surface area contributed by atoms with Crippen LogP contribution in [0.15, 0.2) is 24.3 Å². The average Bonchev–Trinajstić information content (AvgIpc) is 3.13. The molecule has 1 amide bonds. The van der Waals surface area contributed by atoms with E-state index in [1.54, 1.807) is 6.92 Å². The third kappa shape index (κ3) is 6.66. The van der Waals surface area contributed by atoms with Gasteiger partial charge >= 0.3 is 5.97 Å². The summed E-state index contributed by atoms with van der Waals surface area (Å²) in [6.45, 7) is 5.91. The molecule has 0 unspecified atom stereocenters. The van der Waals surface area contributed by atoms with Gasteiger partial charge < -0.3 is 15.0 Å². The van der Waals surface area contributed by atoms with Crippen LogP contribution in [0.4, 0.5) is 0 Å². The number of benzene rings is 1. The van der Waals surface area contributed by atoms with Crippen molar-refractivity contribution >= 4 is 40.2 Å². The Bertz CT molecular complexity index is 613. The minimum absolute atomic E-state index is 0.130. The fourth-order valence-corrected chi connectivity index (χ4v) is 3.47. The number of thioether (sulfide) groups is 1. The maximum absolute atomic E-state index is 12.0. The molecule has 0 aromatic heterocycles. The Morgan fingerprint density at radius 3 is 2.56 bits per heavy atom. The molecular weight excluding hydrogens is 356 g/mol. The number of carbonyl (C=O) groups is 2. The van der Waals surface area contributed by atoms with E-state index < -0.39 is 12.1 Å². The summed E-state index contributed by atoms with van der Waals surface area (Å²) in [5.74, 6) is -0.601. The predicted molar refractivity (Wildman–Crippen MR) is 104 cm³/mol. The van der Waals surface area contributed by atoms with E-state index in [9.17, 15) is 9.59 Å². The third-order valence-corrected chi connectivity index (χ3v) is 5.44. The number of ether oxygens (including phenoxy) is 1. The zero-order valence-corrected chi connectivity index (χ0v) is 16.3. The van der Waals surface area contributed by atoms with Gasteiger partial charge in [-0.3, -0.25) is 9.59 Å². The molecule has 7 heteroatoms. The molecule has 0 bridgehead atoms. The van der Waals surface area contributed by atoms with Crippen LogP contribution < -0.4 is 5.32 Å². The highest BCUT2D eigenvalue weighted by molar-refractivity contribution is 8.23. The number of aryl methyl sites for hydroxylation is 1. The van der Waals surface area contributed by atoms with E-state index in [-0.39, 0.29) is 11.7 Å². The third-order valence-electron chi connectivity index (χ3n) is 3.94. The first-order valence-electron chi connectivity index (χ1n) is 8.40. The van der Waals surface area contributed by atoms with E-state index in [2.05, 4.69) is 10.2 Å². The zero-order chi connectivity index (χ0) is 18.2. The quantitative estimate of drug-likeness (QED) is 0.605. The number of amides is 1. The van der Waals surface area contributed by atoms with Gasteiger partial charge in [0.1, 0.15) is 4.32 Å². The fourth-order valence-electron chi connectivity index (χ4n) is 2.44. The maximum atomic E-state index is 12.0. The Labute approximate surface area is 158 Å². The van der Waals surface area contributed by atoms with Gasteiger partial charge in [0.2, 0.25) is 0 Å². The molecule has 1 aliphatic rings. The summed E-state index contributed by atoms with van der Waals surface area (Å²) in [6.07, 6.45) is 1.46. The number of rotatable bonds is 6. The first-order chi connectivity index (χ1) is 12.0. The van der Waals surface area contributed by atoms with Crippen molar-refractivity contribution in [3.63, 3.8) is 0 Å². The number of hydrogen-bond acceptors (Lipinski definition) is 5. The molecule has 1 aliphatic heterocycles. The summed E-state index contributed by atoms with van der Waals surface area (Å²) < 4.78 is 5.91. The lowest BCUT2D eigenvalue weighted by Gasteiger charge is -2.18. The van der Waals surface area contributed by atoms with Crippen molar-refractivity contribution in [3.8, 4) is 0 Å². The van der Waals surface area contributed by atoms with Crippen LogP contribution in [0.2, 0.25) is 0 Å². The summed E-state index contributed by atoms with van der Waals surface area (Å²) in [6, 6.07) is 7.90. The van der Waals surface area contributed by atoms with Gasteiger partial charge in [0, 0.05) is 19.6 Å². The van der Waals surface area contributed by atoms with Crippen molar-refractivity contribution in [1.82, 2.24) is 10.2 Å².